The van der Waals surface area contributed by atoms with Crippen LogP contribution in [0.2, 0.25) is 0 Å². The van der Waals surface area contributed by atoms with Crippen LogP contribution in [0.3, 0.4) is 0 Å². The molecule has 2 aromatic rings. The molecule has 1 saturated carbocycles. The molecule has 0 spiro atoms. The minimum Gasteiger partial charge on any atom is -0.483 e. The molecule has 2 aromatic carbocycles. The molecule has 3 rings (SSSR count). The number of hydrogen-bond acceptors (Lipinski definition) is 3. The fourth-order valence-electron chi connectivity index (χ4n) is 2.29. The standard InChI is InChI=1S/C16H15NO4/c18-14(17-16(8-9-16)15(19)20)10-21-13-7-3-5-11-4-1-2-6-12(11)13/h1-7H,8-10H2,(H,17,18)(H,19,20). The number of benzene rings is 2. The molecule has 5 heteroatoms. The zero-order valence-electron chi connectivity index (χ0n) is 11.3. The summed E-state index contributed by atoms with van der Waals surface area (Å²) >= 11 is 0. The molecular weight excluding hydrogens is 270 g/mol. The van der Waals surface area contributed by atoms with Gasteiger partial charge in [-0.2, -0.15) is 0 Å². The SMILES string of the molecule is O=C(COc1cccc2ccccc12)NC1(C(=O)O)CC1. The highest BCUT2D eigenvalue weighted by molar-refractivity contribution is 5.91. The Balaban J connectivity index is 1.67. The van der Waals surface area contributed by atoms with Gasteiger partial charge in [-0.3, -0.25) is 4.79 Å². The van der Waals surface area contributed by atoms with Gasteiger partial charge in [0.15, 0.2) is 6.61 Å². The summed E-state index contributed by atoms with van der Waals surface area (Å²) in [5.41, 5.74) is -1.07. The summed E-state index contributed by atoms with van der Waals surface area (Å²) in [5.74, 6) is -0.785. The summed E-state index contributed by atoms with van der Waals surface area (Å²) in [6, 6.07) is 13.3. The van der Waals surface area contributed by atoms with Crippen LogP contribution in [0.15, 0.2) is 42.5 Å². The minimum atomic E-state index is -1.07. The Morgan fingerprint density at radius 1 is 1.14 bits per heavy atom. The lowest BCUT2D eigenvalue weighted by Crippen LogP contribution is -2.45. The quantitative estimate of drug-likeness (QED) is 0.880. The predicted molar refractivity (Wildman–Crippen MR) is 77.2 cm³/mol. The van der Waals surface area contributed by atoms with Gasteiger partial charge in [-0.05, 0) is 24.3 Å². The van der Waals surface area contributed by atoms with Crippen LogP contribution in [-0.4, -0.2) is 29.1 Å². The van der Waals surface area contributed by atoms with E-state index in [1.54, 1.807) is 6.07 Å². The molecule has 0 unspecified atom stereocenters. The molecule has 1 amide bonds. The lowest BCUT2D eigenvalue weighted by atomic mass is 10.1. The number of carboxylic acid groups (broad SMARTS) is 1. The predicted octanol–water partition coefficient (Wildman–Crippen LogP) is 1.95. The van der Waals surface area contributed by atoms with Gasteiger partial charge in [-0.15, -0.1) is 0 Å². The summed E-state index contributed by atoms with van der Waals surface area (Å²) in [4.78, 5) is 22.8. The van der Waals surface area contributed by atoms with Gasteiger partial charge >= 0.3 is 5.97 Å². The van der Waals surface area contributed by atoms with E-state index in [0.29, 0.717) is 18.6 Å². The molecule has 0 aliphatic heterocycles. The summed E-state index contributed by atoms with van der Waals surface area (Å²) < 4.78 is 5.53. The highest BCUT2D eigenvalue weighted by atomic mass is 16.5. The number of hydrogen-bond donors (Lipinski definition) is 2. The van der Waals surface area contributed by atoms with Crippen LogP contribution >= 0.6 is 0 Å². The van der Waals surface area contributed by atoms with Crippen molar-refractivity contribution in [2.45, 2.75) is 18.4 Å². The van der Waals surface area contributed by atoms with Crippen molar-refractivity contribution < 1.29 is 19.4 Å². The maximum Gasteiger partial charge on any atom is 0.329 e. The number of carbonyl (C=O) groups is 2. The molecule has 1 aliphatic carbocycles. The molecule has 0 heterocycles. The Kier molecular flexibility index (Phi) is 3.25. The lowest BCUT2D eigenvalue weighted by molar-refractivity contribution is -0.143. The molecule has 0 saturated heterocycles. The smallest absolute Gasteiger partial charge is 0.329 e. The van der Waals surface area contributed by atoms with Gasteiger partial charge < -0.3 is 15.2 Å². The van der Waals surface area contributed by atoms with Crippen LogP contribution in [0, 0.1) is 0 Å². The van der Waals surface area contributed by atoms with Crippen molar-refractivity contribution in [2.75, 3.05) is 6.61 Å². The highest BCUT2D eigenvalue weighted by Crippen LogP contribution is 2.35. The van der Waals surface area contributed by atoms with E-state index in [0.717, 1.165) is 10.8 Å². The van der Waals surface area contributed by atoms with Crippen molar-refractivity contribution in [3.63, 3.8) is 0 Å². The van der Waals surface area contributed by atoms with Gasteiger partial charge in [-0.25, -0.2) is 4.79 Å². The Bertz CT molecular complexity index is 701. The Labute approximate surface area is 121 Å². The third-order valence-electron chi connectivity index (χ3n) is 3.65. The maximum absolute atomic E-state index is 11.8. The topological polar surface area (TPSA) is 75.6 Å². The third kappa shape index (κ3) is 2.67. The first kappa shape index (κ1) is 13.4. The molecule has 0 radical (unpaired) electrons. The number of rotatable bonds is 5. The van der Waals surface area contributed by atoms with Crippen LogP contribution in [-0.2, 0) is 9.59 Å². The first-order valence-electron chi connectivity index (χ1n) is 6.76. The zero-order valence-corrected chi connectivity index (χ0v) is 11.3. The number of amides is 1. The maximum atomic E-state index is 11.8. The van der Waals surface area contributed by atoms with E-state index in [-0.39, 0.29) is 6.61 Å². The van der Waals surface area contributed by atoms with Crippen molar-refractivity contribution in [1.29, 1.82) is 0 Å². The normalized spacial score (nSPS) is 15.4. The van der Waals surface area contributed by atoms with Crippen LogP contribution < -0.4 is 10.1 Å². The number of aliphatic carboxylic acids is 1. The number of ether oxygens (including phenoxy) is 1. The number of carboxylic acids is 1. The van der Waals surface area contributed by atoms with Gasteiger partial charge in [0.1, 0.15) is 11.3 Å². The summed E-state index contributed by atoms with van der Waals surface area (Å²) in [7, 11) is 0. The van der Waals surface area contributed by atoms with Crippen LogP contribution in [0.25, 0.3) is 10.8 Å². The largest absolute Gasteiger partial charge is 0.483 e. The zero-order chi connectivity index (χ0) is 14.9. The molecule has 108 valence electrons. The fourth-order valence-corrected chi connectivity index (χ4v) is 2.29. The first-order chi connectivity index (χ1) is 10.1. The Hall–Kier alpha value is -2.56. The summed E-state index contributed by atoms with van der Waals surface area (Å²) in [5, 5.41) is 13.5. The number of fused-ring (bicyclic) bond motifs is 1. The number of carbonyl (C=O) groups excluding carboxylic acids is 1. The second-order valence-corrected chi connectivity index (χ2v) is 5.20. The lowest BCUT2D eigenvalue weighted by Gasteiger charge is -2.13. The first-order valence-corrected chi connectivity index (χ1v) is 6.76. The van der Waals surface area contributed by atoms with Gasteiger partial charge in [0.2, 0.25) is 0 Å². The van der Waals surface area contributed by atoms with Crippen molar-refractivity contribution in [2.24, 2.45) is 0 Å². The average molecular weight is 285 g/mol. The van der Waals surface area contributed by atoms with Gasteiger partial charge in [0.25, 0.3) is 5.91 Å². The van der Waals surface area contributed by atoms with Crippen molar-refractivity contribution in [1.82, 2.24) is 5.32 Å². The molecular formula is C16H15NO4. The van der Waals surface area contributed by atoms with Gasteiger partial charge in [0.05, 0.1) is 0 Å². The summed E-state index contributed by atoms with van der Waals surface area (Å²) in [6.07, 6.45) is 0.949. The number of nitrogens with one attached hydrogen (secondary N) is 1. The summed E-state index contributed by atoms with van der Waals surface area (Å²) in [6.45, 7) is -0.191. The third-order valence-corrected chi connectivity index (χ3v) is 3.65. The van der Waals surface area contributed by atoms with E-state index in [2.05, 4.69) is 5.32 Å². The molecule has 21 heavy (non-hydrogen) atoms. The van der Waals surface area contributed by atoms with Gasteiger partial charge in [-0.1, -0.05) is 36.4 Å². The molecule has 0 atom stereocenters. The molecule has 0 bridgehead atoms. The Morgan fingerprint density at radius 2 is 1.86 bits per heavy atom. The van der Waals surface area contributed by atoms with Crippen molar-refractivity contribution >= 4 is 22.6 Å². The minimum absolute atomic E-state index is 0.191. The fraction of sp³-hybridized carbons (Fsp3) is 0.250. The van der Waals surface area contributed by atoms with E-state index >= 15 is 0 Å². The molecule has 5 nitrogen and oxygen atoms in total. The molecule has 2 N–H and O–H groups in total. The highest BCUT2D eigenvalue weighted by Gasteiger charge is 2.51. The van der Waals surface area contributed by atoms with E-state index in [9.17, 15) is 9.59 Å². The van der Waals surface area contributed by atoms with Crippen LogP contribution in [0.4, 0.5) is 0 Å². The van der Waals surface area contributed by atoms with E-state index < -0.39 is 17.4 Å². The monoisotopic (exact) mass is 285 g/mol. The van der Waals surface area contributed by atoms with E-state index in [4.69, 9.17) is 9.84 Å². The second-order valence-electron chi connectivity index (χ2n) is 5.20. The molecule has 0 aromatic heterocycles. The van der Waals surface area contributed by atoms with Crippen LogP contribution in [0.5, 0.6) is 5.75 Å². The van der Waals surface area contributed by atoms with Crippen molar-refractivity contribution in [3.05, 3.63) is 42.5 Å². The van der Waals surface area contributed by atoms with Crippen LogP contribution in [0.1, 0.15) is 12.8 Å². The second kappa shape index (κ2) is 5.09. The van der Waals surface area contributed by atoms with E-state index in [1.165, 1.54) is 0 Å². The van der Waals surface area contributed by atoms with E-state index in [1.807, 2.05) is 36.4 Å². The molecule has 1 fully saturated rings. The molecule has 1 aliphatic rings. The van der Waals surface area contributed by atoms with Crippen molar-refractivity contribution in [3.8, 4) is 5.75 Å². The van der Waals surface area contributed by atoms with Gasteiger partial charge in [0, 0.05) is 5.39 Å². The average Bonchev–Trinajstić information content (AvgIpc) is 3.26. The Morgan fingerprint density at radius 3 is 2.57 bits per heavy atom.